The first-order valence-electron chi connectivity index (χ1n) is 9.58. The van der Waals surface area contributed by atoms with Gasteiger partial charge in [0.05, 0.1) is 33.2 Å². The predicted molar refractivity (Wildman–Crippen MR) is 117 cm³/mol. The fraction of sp³-hybridized carbons (Fsp3) is 0.318. The zero-order valence-electron chi connectivity index (χ0n) is 18.0. The molecule has 1 heterocycles. The van der Waals surface area contributed by atoms with Crippen molar-refractivity contribution < 1.29 is 28.2 Å². The summed E-state index contributed by atoms with van der Waals surface area (Å²) in [6.07, 6.45) is 0. The quantitative estimate of drug-likeness (QED) is 0.330. The SMILES string of the molecule is CCOc1ccc(C(=O)C(C)Sc2nnc(-c3cc(OC)c(OC)c(OC)c3)o2)cc1. The molecule has 0 radical (unpaired) electrons. The minimum absolute atomic E-state index is 0.0411. The molecule has 8 nitrogen and oxygen atoms in total. The van der Waals surface area contributed by atoms with Gasteiger partial charge in [0.15, 0.2) is 17.3 Å². The molecule has 0 fully saturated rings. The van der Waals surface area contributed by atoms with Gasteiger partial charge < -0.3 is 23.4 Å². The number of carbonyl (C=O) groups excluding carboxylic acids is 1. The van der Waals surface area contributed by atoms with Gasteiger partial charge in [-0.3, -0.25) is 4.79 Å². The molecule has 0 amide bonds. The molecule has 2 aromatic carbocycles. The Morgan fingerprint density at radius 3 is 2.23 bits per heavy atom. The summed E-state index contributed by atoms with van der Waals surface area (Å²) in [6.45, 7) is 4.28. The van der Waals surface area contributed by atoms with Crippen molar-refractivity contribution in [3.63, 3.8) is 0 Å². The number of Topliss-reactive ketones (excluding diaryl/α,β-unsaturated/α-hetero) is 1. The molecule has 9 heteroatoms. The Morgan fingerprint density at radius 2 is 1.68 bits per heavy atom. The van der Waals surface area contributed by atoms with Crippen molar-refractivity contribution in [3.05, 3.63) is 42.0 Å². The molecule has 1 unspecified atom stereocenters. The molecule has 31 heavy (non-hydrogen) atoms. The lowest BCUT2D eigenvalue weighted by Crippen LogP contribution is -2.13. The Morgan fingerprint density at radius 1 is 1.03 bits per heavy atom. The van der Waals surface area contributed by atoms with E-state index < -0.39 is 5.25 Å². The van der Waals surface area contributed by atoms with E-state index in [-0.39, 0.29) is 16.9 Å². The molecule has 0 aliphatic heterocycles. The fourth-order valence-corrected chi connectivity index (χ4v) is 3.66. The lowest BCUT2D eigenvalue weighted by atomic mass is 10.1. The number of carbonyl (C=O) groups is 1. The van der Waals surface area contributed by atoms with Gasteiger partial charge in [-0.1, -0.05) is 11.8 Å². The summed E-state index contributed by atoms with van der Waals surface area (Å²) < 4.78 is 27.2. The first-order chi connectivity index (χ1) is 15.0. The van der Waals surface area contributed by atoms with Gasteiger partial charge in [-0.2, -0.15) is 0 Å². The average Bonchev–Trinajstić information content (AvgIpc) is 3.26. The Bertz CT molecular complexity index is 1010. The number of hydrogen-bond donors (Lipinski definition) is 0. The van der Waals surface area contributed by atoms with Gasteiger partial charge in [-0.05, 0) is 50.2 Å². The lowest BCUT2D eigenvalue weighted by molar-refractivity contribution is 0.0993. The number of ether oxygens (including phenoxy) is 4. The predicted octanol–water partition coefficient (Wildman–Crippen LogP) is 4.52. The highest BCUT2D eigenvalue weighted by atomic mass is 32.2. The van der Waals surface area contributed by atoms with Crippen LogP contribution >= 0.6 is 11.8 Å². The summed E-state index contributed by atoms with van der Waals surface area (Å²) >= 11 is 1.20. The summed E-state index contributed by atoms with van der Waals surface area (Å²) in [4.78, 5) is 12.7. The van der Waals surface area contributed by atoms with E-state index in [2.05, 4.69) is 10.2 Å². The molecule has 0 aliphatic carbocycles. The van der Waals surface area contributed by atoms with Crippen LogP contribution in [0.25, 0.3) is 11.5 Å². The highest BCUT2D eigenvalue weighted by Crippen LogP contribution is 2.41. The smallest absolute Gasteiger partial charge is 0.277 e. The van der Waals surface area contributed by atoms with Crippen molar-refractivity contribution in [1.82, 2.24) is 10.2 Å². The Labute approximate surface area is 184 Å². The number of hydrogen-bond acceptors (Lipinski definition) is 9. The van der Waals surface area contributed by atoms with Crippen LogP contribution in [0.1, 0.15) is 24.2 Å². The molecule has 0 N–H and O–H groups in total. The maximum Gasteiger partial charge on any atom is 0.277 e. The van der Waals surface area contributed by atoms with Gasteiger partial charge >= 0.3 is 0 Å². The molecule has 164 valence electrons. The zero-order chi connectivity index (χ0) is 22.4. The molecule has 0 aliphatic rings. The van der Waals surface area contributed by atoms with E-state index in [1.165, 1.54) is 33.1 Å². The van der Waals surface area contributed by atoms with Gasteiger partial charge in [0.1, 0.15) is 5.75 Å². The second kappa shape index (κ2) is 10.2. The number of ketones is 1. The van der Waals surface area contributed by atoms with Crippen LogP contribution < -0.4 is 18.9 Å². The molecular weight excluding hydrogens is 420 g/mol. The van der Waals surface area contributed by atoms with Crippen LogP contribution in [0.5, 0.6) is 23.0 Å². The third kappa shape index (κ3) is 5.11. The molecule has 0 saturated carbocycles. The summed E-state index contributed by atoms with van der Waals surface area (Å²) in [7, 11) is 4.60. The summed E-state index contributed by atoms with van der Waals surface area (Å²) in [5.41, 5.74) is 1.20. The maximum absolute atomic E-state index is 12.7. The first kappa shape index (κ1) is 22.5. The van der Waals surface area contributed by atoms with Crippen LogP contribution in [0.2, 0.25) is 0 Å². The standard InChI is InChI=1S/C22H24N2O6S/c1-6-29-16-9-7-14(8-10-16)19(25)13(2)31-22-24-23-21(30-22)15-11-17(26-3)20(28-5)18(12-15)27-4/h7-13H,6H2,1-5H3. The van der Waals surface area contributed by atoms with Gasteiger partial charge in [-0.15, -0.1) is 10.2 Å². The fourth-order valence-electron chi connectivity index (χ4n) is 2.90. The third-order valence-electron chi connectivity index (χ3n) is 4.41. The maximum atomic E-state index is 12.7. The van der Waals surface area contributed by atoms with Crippen LogP contribution in [0.3, 0.4) is 0 Å². The Kier molecular flexibility index (Phi) is 7.41. The highest BCUT2D eigenvalue weighted by molar-refractivity contribution is 8.00. The largest absolute Gasteiger partial charge is 0.494 e. The monoisotopic (exact) mass is 444 g/mol. The zero-order valence-corrected chi connectivity index (χ0v) is 18.8. The van der Waals surface area contributed by atoms with E-state index in [0.717, 1.165) is 5.75 Å². The second-order valence-electron chi connectivity index (χ2n) is 6.37. The van der Waals surface area contributed by atoms with Crippen LogP contribution in [0.15, 0.2) is 46.0 Å². The summed E-state index contributed by atoms with van der Waals surface area (Å²) in [5, 5.41) is 8.03. The van der Waals surface area contributed by atoms with E-state index in [4.69, 9.17) is 23.4 Å². The molecular formula is C22H24N2O6S. The van der Waals surface area contributed by atoms with Gasteiger partial charge in [0, 0.05) is 11.1 Å². The number of methoxy groups -OCH3 is 3. The Balaban J connectivity index is 1.75. The van der Waals surface area contributed by atoms with Crippen molar-refractivity contribution in [3.8, 4) is 34.5 Å². The van der Waals surface area contributed by atoms with Crippen molar-refractivity contribution in [1.29, 1.82) is 0 Å². The number of nitrogens with zero attached hydrogens (tertiary/aromatic N) is 2. The van der Waals surface area contributed by atoms with Crippen LogP contribution in [-0.2, 0) is 0 Å². The van der Waals surface area contributed by atoms with Crippen molar-refractivity contribution in [2.75, 3.05) is 27.9 Å². The molecule has 0 bridgehead atoms. The topological polar surface area (TPSA) is 92.9 Å². The van der Waals surface area contributed by atoms with Gasteiger partial charge in [0.25, 0.3) is 5.22 Å². The normalized spacial score (nSPS) is 11.6. The van der Waals surface area contributed by atoms with Crippen LogP contribution in [0.4, 0.5) is 0 Å². The molecule has 1 atom stereocenters. The molecule has 0 spiro atoms. The molecule has 3 rings (SSSR count). The number of benzene rings is 2. The summed E-state index contributed by atoms with van der Waals surface area (Å²) in [5.74, 6) is 2.39. The first-order valence-corrected chi connectivity index (χ1v) is 10.5. The van der Waals surface area contributed by atoms with Crippen molar-refractivity contribution in [2.45, 2.75) is 24.3 Å². The van der Waals surface area contributed by atoms with E-state index >= 15 is 0 Å². The Hall–Kier alpha value is -3.20. The lowest BCUT2D eigenvalue weighted by Gasteiger charge is -2.12. The van der Waals surface area contributed by atoms with E-state index in [9.17, 15) is 4.79 Å². The van der Waals surface area contributed by atoms with Crippen LogP contribution in [-0.4, -0.2) is 49.2 Å². The van der Waals surface area contributed by atoms with E-state index in [0.29, 0.717) is 35.0 Å². The minimum atomic E-state index is -0.411. The second-order valence-corrected chi connectivity index (χ2v) is 7.66. The average molecular weight is 445 g/mol. The number of rotatable bonds is 10. The molecule has 3 aromatic rings. The third-order valence-corrected chi connectivity index (χ3v) is 5.35. The van der Waals surface area contributed by atoms with Gasteiger partial charge in [0.2, 0.25) is 11.6 Å². The minimum Gasteiger partial charge on any atom is -0.494 e. The molecule has 0 saturated heterocycles. The highest BCUT2D eigenvalue weighted by Gasteiger charge is 2.22. The summed E-state index contributed by atoms with van der Waals surface area (Å²) in [6, 6.07) is 10.5. The van der Waals surface area contributed by atoms with Gasteiger partial charge in [-0.25, -0.2) is 0 Å². The van der Waals surface area contributed by atoms with Crippen LogP contribution in [0, 0.1) is 0 Å². The number of aromatic nitrogens is 2. The van der Waals surface area contributed by atoms with E-state index in [1.807, 2.05) is 6.92 Å². The van der Waals surface area contributed by atoms with E-state index in [1.54, 1.807) is 43.3 Å². The molecule has 1 aromatic heterocycles. The number of thioether (sulfide) groups is 1. The van der Waals surface area contributed by atoms with Crippen molar-refractivity contribution in [2.24, 2.45) is 0 Å². The van der Waals surface area contributed by atoms with Crippen molar-refractivity contribution >= 4 is 17.5 Å².